The Morgan fingerprint density at radius 3 is 2.56 bits per heavy atom. The molecule has 0 bridgehead atoms. The highest BCUT2D eigenvalue weighted by Crippen LogP contribution is 2.10. The van der Waals surface area contributed by atoms with Crippen molar-refractivity contribution in [1.29, 1.82) is 0 Å². The van der Waals surface area contributed by atoms with Crippen molar-refractivity contribution in [2.75, 3.05) is 24.6 Å². The van der Waals surface area contributed by atoms with E-state index in [1.54, 1.807) is 0 Å². The number of nitrogens with zero attached hydrogens (tertiary/aromatic N) is 2. The molecule has 1 aliphatic rings. The van der Waals surface area contributed by atoms with Crippen LogP contribution in [0.3, 0.4) is 0 Å². The summed E-state index contributed by atoms with van der Waals surface area (Å²) in [7, 11) is -2.77. The third-order valence-electron chi connectivity index (χ3n) is 2.63. The van der Waals surface area contributed by atoms with E-state index in [0.29, 0.717) is 13.1 Å². The van der Waals surface area contributed by atoms with E-state index in [1.165, 1.54) is 0 Å². The smallest absolute Gasteiger partial charge is 0.152 e. The van der Waals surface area contributed by atoms with Gasteiger partial charge in [-0.2, -0.15) is 0 Å². The van der Waals surface area contributed by atoms with Crippen LogP contribution in [0.2, 0.25) is 0 Å². The molecule has 1 fully saturated rings. The zero-order valence-electron chi connectivity index (χ0n) is 8.76. The summed E-state index contributed by atoms with van der Waals surface area (Å²) in [5, 5.41) is 0. The van der Waals surface area contributed by atoms with Gasteiger partial charge in [0, 0.05) is 25.8 Å². The van der Waals surface area contributed by atoms with Gasteiger partial charge in [-0.05, 0) is 34.2 Å². The van der Waals surface area contributed by atoms with Crippen molar-refractivity contribution in [1.82, 2.24) is 9.88 Å². The molecule has 1 aromatic heterocycles. The van der Waals surface area contributed by atoms with Crippen molar-refractivity contribution in [2.24, 2.45) is 0 Å². The largest absolute Gasteiger partial charge is 0.297 e. The number of aromatic nitrogens is 1. The molecule has 0 saturated carbocycles. The van der Waals surface area contributed by atoms with Crippen molar-refractivity contribution in [3.8, 4) is 0 Å². The molecule has 88 valence electrons. The molecular formula is C10H13IN2O2S. The highest BCUT2D eigenvalue weighted by Gasteiger charge is 2.21. The van der Waals surface area contributed by atoms with E-state index < -0.39 is 9.84 Å². The zero-order chi connectivity index (χ0) is 11.6. The zero-order valence-corrected chi connectivity index (χ0v) is 11.7. The fraction of sp³-hybridized carbons (Fsp3) is 0.500. The van der Waals surface area contributed by atoms with Crippen molar-refractivity contribution >= 4 is 32.4 Å². The molecule has 6 heteroatoms. The summed E-state index contributed by atoms with van der Waals surface area (Å²) in [6.07, 6.45) is 1.85. The SMILES string of the molecule is O=S1(=O)CCN(Cc2ccc(I)nc2)CC1. The van der Waals surface area contributed by atoms with Crippen molar-refractivity contribution in [3.63, 3.8) is 0 Å². The van der Waals surface area contributed by atoms with Crippen molar-refractivity contribution in [3.05, 3.63) is 27.6 Å². The van der Waals surface area contributed by atoms with E-state index in [0.717, 1.165) is 15.8 Å². The van der Waals surface area contributed by atoms with Crippen molar-refractivity contribution in [2.45, 2.75) is 6.54 Å². The predicted molar refractivity (Wildman–Crippen MR) is 70.9 cm³/mol. The van der Waals surface area contributed by atoms with Gasteiger partial charge >= 0.3 is 0 Å². The van der Waals surface area contributed by atoms with Crippen LogP contribution in [0, 0.1) is 3.70 Å². The molecular weight excluding hydrogens is 339 g/mol. The minimum atomic E-state index is -2.77. The summed E-state index contributed by atoms with van der Waals surface area (Å²) in [6, 6.07) is 4.01. The second-order valence-corrected chi connectivity index (χ2v) is 7.33. The first-order valence-corrected chi connectivity index (χ1v) is 7.98. The molecule has 0 N–H and O–H groups in total. The summed E-state index contributed by atoms with van der Waals surface area (Å²) >= 11 is 2.17. The first kappa shape index (κ1) is 12.3. The summed E-state index contributed by atoms with van der Waals surface area (Å²) in [5.41, 5.74) is 1.14. The Hall–Kier alpha value is -0.210. The molecule has 2 heterocycles. The van der Waals surface area contributed by atoms with Crippen LogP contribution in [0.5, 0.6) is 0 Å². The first-order valence-electron chi connectivity index (χ1n) is 5.08. The van der Waals surface area contributed by atoms with Gasteiger partial charge in [-0.15, -0.1) is 0 Å². The molecule has 0 radical (unpaired) electrons. The highest BCUT2D eigenvalue weighted by atomic mass is 127. The second kappa shape index (κ2) is 4.97. The van der Waals surface area contributed by atoms with E-state index in [2.05, 4.69) is 32.5 Å². The average Bonchev–Trinajstić information content (AvgIpc) is 2.24. The molecule has 16 heavy (non-hydrogen) atoms. The molecule has 0 amide bonds. The quantitative estimate of drug-likeness (QED) is 0.587. The van der Waals surface area contributed by atoms with Gasteiger partial charge in [-0.25, -0.2) is 8.42 Å². The molecule has 1 saturated heterocycles. The molecule has 0 spiro atoms. The Morgan fingerprint density at radius 2 is 2.00 bits per heavy atom. The van der Waals surface area contributed by atoms with E-state index in [9.17, 15) is 8.42 Å². The van der Waals surface area contributed by atoms with E-state index >= 15 is 0 Å². The maximum atomic E-state index is 11.3. The minimum absolute atomic E-state index is 0.283. The molecule has 0 atom stereocenters. The fourth-order valence-corrected chi connectivity index (χ4v) is 3.26. The number of hydrogen-bond donors (Lipinski definition) is 0. The number of hydrogen-bond acceptors (Lipinski definition) is 4. The lowest BCUT2D eigenvalue weighted by Crippen LogP contribution is -2.39. The van der Waals surface area contributed by atoms with Gasteiger partial charge in [0.2, 0.25) is 0 Å². The Labute approximate surface area is 109 Å². The third-order valence-corrected chi connectivity index (χ3v) is 4.88. The Kier molecular flexibility index (Phi) is 3.81. The number of halogens is 1. The standard InChI is InChI=1S/C10H13IN2O2S/c11-10-2-1-9(7-12-10)8-13-3-5-16(14,15)6-4-13/h1-2,7H,3-6,8H2. The highest BCUT2D eigenvalue weighted by molar-refractivity contribution is 14.1. The van der Waals surface area contributed by atoms with Gasteiger partial charge in [0.25, 0.3) is 0 Å². The van der Waals surface area contributed by atoms with Crippen LogP contribution < -0.4 is 0 Å². The van der Waals surface area contributed by atoms with Crippen molar-refractivity contribution < 1.29 is 8.42 Å². The van der Waals surface area contributed by atoms with Crippen LogP contribution in [-0.2, 0) is 16.4 Å². The van der Waals surface area contributed by atoms with Crippen LogP contribution in [0.1, 0.15) is 5.56 Å². The lowest BCUT2D eigenvalue weighted by molar-refractivity contribution is 0.287. The molecule has 2 rings (SSSR count). The van der Waals surface area contributed by atoms with E-state index in [-0.39, 0.29) is 11.5 Å². The molecule has 0 aromatic carbocycles. The summed E-state index contributed by atoms with van der Waals surface area (Å²) in [5.74, 6) is 0.565. The number of rotatable bonds is 2. The summed E-state index contributed by atoms with van der Waals surface area (Å²) in [6.45, 7) is 2.06. The predicted octanol–water partition coefficient (Wildman–Crippen LogP) is 0.917. The molecule has 0 unspecified atom stereocenters. The maximum Gasteiger partial charge on any atom is 0.152 e. The van der Waals surface area contributed by atoms with E-state index in [1.807, 2.05) is 18.3 Å². The fourth-order valence-electron chi connectivity index (χ4n) is 1.67. The van der Waals surface area contributed by atoms with E-state index in [4.69, 9.17) is 0 Å². The van der Waals surface area contributed by atoms with Crippen LogP contribution in [-0.4, -0.2) is 42.9 Å². The average molecular weight is 352 g/mol. The second-order valence-electron chi connectivity index (χ2n) is 3.92. The molecule has 0 aliphatic carbocycles. The van der Waals surface area contributed by atoms with Gasteiger partial charge in [-0.1, -0.05) is 6.07 Å². The van der Waals surface area contributed by atoms with Gasteiger partial charge in [0.1, 0.15) is 3.70 Å². The van der Waals surface area contributed by atoms with Gasteiger partial charge in [0.15, 0.2) is 9.84 Å². The Balaban J connectivity index is 1.94. The van der Waals surface area contributed by atoms with Crippen LogP contribution in [0.15, 0.2) is 18.3 Å². The Morgan fingerprint density at radius 1 is 1.31 bits per heavy atom. The number of sulfone groups is 1. The molecule has 1 aromatic rings. The lowest BCUT2D eigenvalue weighted by atomic mass is 10.2. The third kappa shape index (κ3) is 3.39. The summed E-state index contributed by atoms with van der Waals surface area (Å²) < 4.78 is 23.5. The van der Waals surface area contributed by atoms with Crippen LogP contribution in [0.25, 0.3) is 0 Å². The topological polar surface area (TPSA) is 50.3 Å². The van der Waals surface area contributed by atoms with Crippen LogP contribution >= 0.6 is 22.6 Å². The lowest BCUT2D eigenvalue weighted by Gasteiger charge is -2.26. The summed E-state index contributed by atoms with van der Waals surface area (Å²) in [4.78, 5) is 6.37. The number of pyridine rings is 1. The van der Waals surface area contributed by atoms with Gasteiger partial charge < -0.3 is 0 Å². The van der Waals surface area contributed by atoms with Gasteiger partial charge in [0.05, 0.1) is 11.5 Å². The van der Waals surface area contributed by atoms with Gasteiger partial charge in [-0.3, -0.25) is 9.88 Å². The molecule has 1 aliphatic heterocycles. The normalized spacial score (nSPS) is 20.8. The first-order chi connectivity index (χ1) is 7.55. The minimum Gasteiger partial charge on any atom is -0.297 e. The monoisotopic (exact) mass is 352 g/mol. The molecule has 4 nitrogen and oxygen atoms in total. The maximum absolute atomic E-state index is 11.3. The van der Waals surface area contributed by atoms with Crippen LogP contribution in [0.4, 0.5) is 0 Å². The Bertz CT molecular complexity index is 444.